The number of nitrogens with one attached hydrogen (secondary N) is 1. The van der Waals surface area contributed by atoms with Gasteiger partial charge < -0.3 is 5.32 Å². The van der Waals surface area contributed by atoms with E-state index in [0.29, 0.717) is 0 Å². The maximum Gasteiger partial charge on any atom is 0.0108 e. The van der Waals surface area contributed by atoms with E-state index in [0.717, 1.165) is 17.9 Å². The largest absolute Gasteiger partial charge is 0.313 e. The fourth-order valence-electron chi connectivity index (χ4n) is 3.48. The van der Waals surface area contributed by atoms with Crippen molar-refractivity contribution < 1.29 is 0 Å². The number of rotatable bonds is 4. The first-order chi connectivity index (χ1) is 9.36. The van der Waals surface area contributed by atoms with E-state index in [9.17, 15) is 0 Å². The molecule has 1 aliphatic heterocycles. The lowest BCUT2D eigenvalue weighted by atomic mass is 9.84. The summed E-state index contributed by atoms with van der Waals surface area (Å²) in [5.74, 6) is 2.99. The zero-order chi connectivity index (χ0) is 13.1. The molecule has 0 bridgehead atoms. The topological polar surface area (TPSA) is 12.0 Å². The average Bonchev–Trinajstić information content (AvgIpc) is 2.89. The van der Waals surface area contributed by atoms with Crippen molar-refractivity contribution in [3.05, 3.63) is 29.8 Å². The van der Waals surface area contributed by atoms with Gasteiger partial charge in [-0.2, -0.15) is 0 Å². The van der Waals surface area contributed by atoms with E-state index in [1.165, 1.54) is 49.3 Å². The SMILES string of the molecule is CCC1CCC(NCC2CSc3ccccc32)CC1. The van der Waals surface area contributed by atoms with Crippen LogP contribution in [0.1, 0.15) is 50.5 Å². The molecule has 2 heteroatoms. The van der Waals surface area contributed by atoms with Gasteiger partial charge in [0.25, 0.3) is 0 Å². The van der Waals surface area contributed by atoms with Crippen molar-refractivity contribution in [1.82, 2.24) is 5.32 Å². The average molecular weight is 275 g/mol. The molecule has 2 aliphatic rings. The Balaban J connectivity index is 1.49. The molecule has 1 N–H and O–H groups in total. The Morgan fingerprint density at radius 2 is 1.95 bits per heavy atom. The fraction of sp³-hybridized carbons (Fsp3) is 0.647. The van der Waals surface area contributed by atoms with Crippen molar-refractivity contribution in [1.29, 1.82) is 0 Å². The summed E-state index contributed by atoms with van der Waals surface area (Å²) < 4.78 is 0. The van der Waals surface area contributed by atoms with Gasteiger partial charge in [0.2, 0.25) is 0 Å². The molecule has 1 aliphatic carbocycles. The van der Waals surface area contributed by atoms with Gasteiger partial charge in [0.1, 0.15) is 0 Å². The Hall–Kier alpha value is -0.470. The number of hydrogen-bond donors (Lipinski definition) is 1. The standard InChI is InChI=1S/C17H25NS/c1-2-13-7-9-15(10-8-13)18-11-14-12-19-17-6-4-3-5-16(14)17/h3-6,13-15,18H,2,7-12H2,1H3. The van der Waals surface area contributed by atoms with E-state index >= 15 is 0 Å². The molecule has 1 atom stereocenters. The van der Waals surface area contributed by atoms with Crippen LogP contribution in [0.5, 0.6) is 0 Å². The molecule has 1 nitrogen and oxygen atoms in total. The Bertz CT molecular complexity index is 409. The maximum atomic E-state index is 3.84. The van der Waals surface area contributed by atoms with Crippen LogP contribution < -0.4 is 5.32 Å². The van der Waals surface area contributed by atoms with Crippen molar-refractivity contribution in [2.75, 3.05) is 12.3 Å². The normalized spacial score (nSPS) is 30.3. The molecule has 0 aromatic heterocycles. The Labute approximate surface area is 121 Å². The molecule has 1 fully saturated rings. The lowest BCUT2D eigenvalue weighted by Crippen LogP contribution is -2.35. The highest BCUT2D eigenvalue weighted by Crippen LogP contribution is 2.39. The van der Waals surface area contributed by atoms with Crippen LogP contribution in [0.4, 0.5) is 0 Å². The monoisotopic (exact) mass is 275 g/mol. The number of thioether (sulfide) groups is 1. The second-order valence-corrected chi connectivity index (χ2v) is 7.14. The zero-order valence-corrected chi connectivity index (χ0v) is 12.7. The van der Waals surface area contributed by atoms with E-state index in [-0.39, 0.29) is 0 Å². The van der Waals surface area contributed by atoms with Gasteiger partial charge in [-0.1, -0.05) is 31.5 Å². The highest BCUT2D eigenvalue weighted by atomic mass is 32.2. The lowest BCUT2D eigenvalue weighted by Gasteiger charge is -2.29. The van der Waals surface area contributed by atoms with Gasteiger partial charge in [0.15, 0.2) is 0 Å². The quantitative estimate of drug-likeness (QED) is 0.872. The first kappa shape index (κ1) is 13.5. The second-order valence-electron chi connectivity index (χ2n) is 6.08. The summed E-state index contributed by atoms with van der Waals surface area (Å²) in [7, 11) is 0. The summed E-state index contributed by atoms with van der Waals surface area (Å²) in [4.78, 5) is 1.50. The summed E-state index contributed by atoms with van der Waals surface area (Å²) >= 11 is 2.03. The fourth-order valence-corrected chi connectivity index (χ4v) is 4.74. The van der Waals surface area contributed by atoms with Crippen LogP contribution in [0.25, 0.3) is 0 Å². The van der Waals surface area contributed by atoms with Crippen LogP contribution in [-0.4, -0.2) is 18.3 Å². The van der Waals surface area contributed by atoms with Gasteiger partial charge in [-0.3, -0.25) is 0 Å². The second kappa shape index (κ2) is 6.32. The maximum absolute atomic E-state index is 3.84. The molecule has 0 radical (unpaired) electrons. The van der Waals surface area contributed by atoms with Gasteiger partial charge in [-0.15, -0.1) is 11.8 Å². The van der Waals surface area contributed by atoms with Crippen molar-refractivity contribution in [3.8, 4) is 0 Å². The molecular formula is C17H25NS. The predicted molar refractivity (Wildman–Crippen MR) is 83.9 cm³/mol. The van der Waals surface area contributed by atoms with Crippen LogP contribution in [0.15, 0.2) is 29.2 Å². The first-order valence-corrected chi connectivity index (χ1v) is 8.80. The van der Waals surface area contributed by atoms with E-state index in [1.54, 1.807) is 5.56 Å². The molecule has 1 saturated carbocycles. The van der Waals surface area contributed by atoms with E-state index in [1.807, 2.05) is 11.8 Å². The van der Waals surface area contributed by atoms with E-state index in [4.69, 9.17) is 0 Å². The highest BCUT2D eigenvalue weighted by Gasteiger charge is 2.25. The van der Waals surface area contributed by atoms with Crippen molar-refractivity contribution >= 4 is 11.8 Å². The van der Waals surface area contributed by atoms with Crippen LogP contribution in [0.2, 0.25) is 0 Å². The zero-order valence-electron chi connectivity index (χ0n) is 11.9. The van der Waals surface area contributed by atoms with Gasteiger partial charge in [0, 0.05) is 29.2 Å². The molecular weight excluding hydrogens is 250 g/mol. The third kappa shape index (κ3) is 3.17. The predicted octanol–water partition coefficient (Wildman–Crippen LogP) is 4.43. The van der Waals surface area contributed by atoms with Crippen molar-refractivity contribution in [3.63, 3.8) is 0 Å². The summed E-state index contributed by atoms with van der Waals surface area (Å²) in [6, 6.07) is 9.71. The first-order valence-electron chi connectivity index (χ1n) is 7.82. The Morgan fingerprint density at radius 1 is 1.16 bits per heavy atom. The number of hydrogen-bond acceptors (Lipinski definition) is 2. The van der Waals surface area contributed by atoms with E-state index in [2.05, 4.69) is 36.5 Å². The number of benzene rings is 1. The van der Waals surface area contributed by atoms with E-state index < -0.39 is 0 Å². The van der Waals surface area contributed by atoms with Crippen LogP contribution in [0, 0.1) is 5.92 Å². The van der Waals surface area contributed by atoms with Crippen LogP contribution in [0.3, 0.4) is 0 Å². The van der Waals surface area contributed by atoms with Gasteiger partial charge in [0.05, 0.1) is 0 Å². The summed E-state index contributed by atoms with van der Waals surface area (Å²) in [6.07, 6.45) is 7.02. The third-order valence-electron chi connectivity index (χ3n) is 4.88. The minimum atomic E-state index is 0.727. The molecule has 3 rings (SSSR count). The minimum absolute atomic E-state index is 0.727. The lowest BCUT2D eigenvalue weighted by molar-refractivity contribution is 0.284. The number of fused-ring (bicyclic) bond motifs is 1. The van der Waals surface area contributed by atoms with Gasteiger partial charge in [-0.05, 0) is 43.2 Å². The highest BCUT2D eigenvalue weighted by molar-refractivity contribution is 7.99. The molecule has 104 valence electrons. The van der Waals surface area contributed by atoms with Crippen LogP contribution in [-0.2, 0) is 0 Å². The molecule has 0 saturated heterocycles. The minimum Gasteiger partial charge on any atom is -0.313 e. The third-order valence-corrected chi connectivity index (χ3v) is 6.13. The Kier molecular flexibility index (Phi) is 4.49. The summed E-state index contributed by atoms with van der Waals surface area (Å²) in [6.45, 7) is 3.51. The van der Waals surface area contributed by atoms with Crippen LogP contribution >= 0.6 is 11.8 Å². The molecule has 1 aromatic carbocycles. The molecule has 1 unspecified atom stereocenters. The molecule has 1 aromatic rings. The van der Waals surface area contributed by atoms with Crippen molar-refractivity contribution in [2.24, 2.45) is 5.92 Å². The van der Waals surface area contributed by atoms with Gasteiger partial charge >= 0.3 is 0 Å². The summed E-state index contributed by atoms with van der Waals surface area (Å²) in [5.41, 5.74) is 1.57. The molecule has 0 amide bonds. The van der Waals surface area contributed by atoms with Crippen molar-refractivity contribution in [2.45, 2.75) is 55.9 Å². The Morgan fingerprint density at radius 3 is 2.74 bits per heavy atom. The van der Waals surface area contributed by atoms with Gasteiger partial charge in [-0.25, -0.2) is 0 Å². The smallest absolute Gasteiger partial charge is 0.0108 e. The molecule has 19 heavy (non-hydrogen) atoms. The molecule has 1 heterocycles. The summed E-state index contributed by atoms with van der Waals surface area (Å²) in [5, 5.41) is 3.84. The molecule has 0 spiro atoms.